The van der Waals surface area contributed by atoms with E-state index < -0.39 is 0 Å². The van der Waals surface area contributed by atoms with Gasteiger partial charge in [-0.3, -0.25) is 4.79 Å². The number of carbonyl (C=O) groups excluding carboxylic acids is 1. The van der Waals surface area contributed by atoms with Crippen LogP contribution < -0.4 is 5.32 Å². The molecule has 1 atom stereocenters. The molecule has 1 N–H and O–H groups in total. The Hall–Kier alpha value is -2.29. The van der Waals surface area contributed by atoms with Crippen LogP contribution in [0.15, 0.2) is 48.5 Å². The lowest BCUT2D eigenvalue weighted by Gasteiger charge is -2.18. The molecule has 4 rings (SSSR count). The molecule has 1 unspecified atom stereocenters. The van der Waals surface area contributed by atoms with Crippen LogP contribution in [0.1, 0.15) is 29.0 Å². The van der Waals surface area contributed by atoms with E-state index in [4.69, 9.17) is 0 Å². The molecule has 0 aliphatic carbocycles. The fraction of sp³-hybridized carbons (Fsp3) is 0.278. The molecule has 3 heteroatoms. The Bertz CT molecular complexity index is 670. The molecule has 0 fully saturated rings. The van der Waals surface area contributed by atoms with Crippen molar-refractivity contribution in [2.24, 2.45) is 0 Å². The number of amides is 1. The molecular weight excluding hydrogens is 260 g/mol. The molecule has 0 spiro atoms. The van der Waals surface area contributed by atoms with E-state index in [0.717, 1.165) is 19.6 Å². The molecular formula is C18H18N2O. The summed E-state index contributed by atoms with van der Waals surface area (Å²) in [6.45, 7) is 2.39. The van der Waals surface area contributed by atoms with Crippen molar-refractivity contribution < 1.29 is 4.79 Å². The van der Waals surface area contributed by atoms with Crippen LogP contribution in [-0.2, 0) is 17.9 Å². The lowest BCUT2D eigenvalue weighted by Crippen LogP contribution is -2.27. The molecule has 2 aliphatic heterocycles. The van der Waals surface area contributed by atoms with Crippen LogP contribution in [-0.4, -0.2) is 17.4 Å². The summed E-state index contributed by atoms with van der Waals surface area (Å²) < 4.78 is 0. The Morgan fingerprint density at radius 1 is 1.05 bits per heavy atom. The van der Waals surface area contributed by atoms with Gasteiger partial charge in [0.2, 0.25) is 5.91 Å². The number of carbonyl (C=O) groups is 1. The maximum atomic E-state index is 12.6. The molecule has 106 valence electrons. The standard InChI is InChI=1S/C18H18N2O/c21-18(20-11-13-5-1-2-6-14(13)12-20)9-15-10-19-17-8-4-3-7-16(15)17/h1-8,15,19H,9-12H2. The Balaban J connectivity index is 1.47. The minimum absolute atomic E-state index is 0.259. The summed E-state index contributed by atoms with van der Waals surface area (Å²) in [4.78, 5) is 14.6. The largest absolute Gasteiger partial charge is 0.384 e. The Kier molecular flexibility index (Phi) is 2.92. The van der Waals surface area contributed by atoms with Gasteiger partial charge in [0, 0.05) is 37.7 Å². The van der Waals surface area contributed by atoms with Gasteiger partial charge in [0.1, 0.15) is 0 Å². The van der Waals surface area contributed by atoms with Crippen LogP contribution in [0.2, 0.25) is 0 Å². The summed E-state index contributed by atoms with van der Waals surface area (Å²) >= 11 is 0. The first-order chi connectivity index (χ1) is 10.3. The summed E-state index contributed by atoms with van der Waals surface area (Å²) in [7, 11) is 0. The highest BCUT2D eigenvalue weighted by Crippen LogP contribution is 2.34. The molecule has 2 heterocycles. The van der Waals surface area contributed by atoms with Crippen LogP contribution >= 0.6 is 0 Å². The lowest BCUT2D eigenvalue weighted by molar-refractivity contribution is -0.132. The minimum atomic E-state index is 0.259. The summed E-state index contributed by atoms with van der Waals surface area (Å²) in [6, 6.07) is 16.6. The predicted octanol–water partition coefficient (Wildman–Crippen LogP) is 3.13. The average molecular weight is 278 g/mol. The van der Waals surface area contributed by atoms with E-state index in [1.165, 1.54) is 22.4 Å². The first-order valence-corrected chi connectivity index (χ1v) is 7.48. The van der Waals surface area contributed by atoms with E-state index in [0.29, 0.717) is 12.3 Å². The molecule has 0 saturated heterocycles. The van der Waals surface area contributed by atoms with Crippen molar-refractivity contribution in [3.05, 3.63) is 65.2 Å². The number of rotatable bonds is 2. The zero-order valence-electron chi connectivity index (χ0n) is 11.9. The van der Waals surface area contributed by atoms with Crippen molar-refractivity contribution in [3.63, 3.8) is 0 Å². The maximum Gasteiger partial charge on any atom is 0.223 e. The van der Waals surface area contributed by atoms with Gasteiger partial charge in [-0.25, -0.2) is 0 Å². The maximum absolute atomic E-state index is 12.6. The monoisotopic (exact) mass is 278 g/mol. The number of hydrogen-bond donors (Lipinski definition) is 1. The van der Waals surface area contributed by atoms with E-state index in [1.54, 1.807) is 0 Å². The highest BCUT2D eigenvalue weighted by molar-refractivity contribution is 5.79. The fourth-order valence-electron chi connectivity index (χ4n) is 3.39. The van der Waals surface area contributed by atoms with Gasteiger partial charge in [0.25, 0.3) is 0 Å². The smallest absolute Gasteiger partial charge is 0.223 e. The first kappa shape index (κ1) is 12.5. The van der Waals surface area contributed by atoms with Gasteiger partial charge in [0.05, 0.1) is 0 Å². The molecule has 3 nitrogen and oxygen atoms in total. The molecule has 2 aliphatic rings. The van der Waals surface area contributed by atoms with Crippen molar-refractivity contribution in [1.29, 1.82) is 0 Å². The number of nitrogens with one attached hydrogen (secondary N) is 1. The molecule has 2 aromatic rings. The second-order valence-electron chi connectivity index (χ2n) is 5.89. The van der Waals surface area contributed by atoms with Gasteiger partial charge in [0.15, 0.2) is 0 Å². The number of hydrogen-bond acceptors (Lipinski definition) is 2. The zero-order chi connectivity index (χ0) is 14.2. The Morgan fingerprint density at radius 2 is 1.71 bits per heavy atom. The molecule has 0 bridgehead atoms. The van der Waals surface area contributed by atoms with Crippen LogP contribution in [0.5, 0.6) is 0 Å². The highest BCUT2D eigenvalue weighted by atomic mass is 16.2. The second kappa shape index (κ2) is 4.92. The Morgan fingerprint density at radius 3 is 2.48 bits per heavy atom. The fourth-order valence-corrected chi connectivity index (χ4v) is 3.39. The van der Waals surface area contributed by atoms with Crippen molar-refractivity contribution in [1.82, 2.24) is 4.90 Å². The number of anilines is 1. The van der Waals surface area contributed by atoms with Crippen LogP contribution in [0.25, 0.3) is 0 Å². The minimum Gasteiger partial charge on any atom is -0.384 e. The van der Waals surface area contributed by atoms with Crippen LogP contribution in [0.4, 0.5) is 5.69 Å². The SMILES string of the molecule is O=C(CC1CNc2ccccc21)N1Cc2ccccc2C1. The molecule has 1 amide bonds. The van der Waals surface area contributed by atoms with E-state index in [2.05, 4.69) is 35.6 Å². The molecule has 2 aromatic carbocycles. The van der Waals surface area contributed by atoms with Gasteiger partial charge < -0.3 is 10.2 Å². The van der Waals surface area contributed by atoms with Gasteiger partial charge in [-0.1, -0.05) is 42.5 Å². The predicted molar refractivity (Wildman–Crippen MR) is 83.0 cm³/mol. The van der Waals surface area contributed by atoms with E-state index in [1.807, 2.05) is 23.1 Å². The normalized spacial score (nSPS) is 19.0. The lowest BCUT2D eigenvalue weighted by atomic mass is 9.97. The van der Waals surface area contributed by atoms with Crippen molar-refractivity contribution >= 4 is 11.6 Å². The van der Waals surface area contributed by atoms with Crippen molar-refractivity contribution in [2.75, 3.05) is 11.9 Å². The zero-order valence-corrected chi connectivity index (χ0v) is 11.9. The van der Waals surface area contributed by atoms with E-state index in [9.17, 15) is 4.79 Å². The van der Waals surface area contributed by atoms with Gasteiger partial charge in [-0.2, -0.15) is 0 Å². The summed E-state index contributed by atoms with van der Waals surface area (Å²) in [6.07, 6.45) is 0.595. The van der Waals surface area contributed by atoms with Crippen LogP contribution in [0.3, 0.4) is 0 Å². The Labute approximate surface area is 124 Å². The third-order valence-corrected chi connectivity index (χ3v) is 4.55. The van der Waals surface area contributed by atoms with E-state index in [-0.39, 0.29) is 5.91 Å². The van der Waals surface area contributed by atoms with Gasteiger partial charge >= 0.3 is 0 Å². The summed E-state index contributed by atoms with van der Waals surface area (Å²) in [5, 5.41) is 3.39. The first-order valence-electron chi connectivity index (χ1n) is 7.48. The van der Waals surface area contributed by atoms with Crippen LogP contribution in [0, 0.1) is 0 Å². The summed E-state index contributed by atoms with van der Waals surface area (Å²) in [5.74, 6) is 0.562. The van der Waals surface area contributed by atoms with Gasteiger partial charge in [-0.05, 0) is 22.8 Å². The molecule has 0 aromatic heterocycles. The second-order valence-corrected chi connectivity index (χ2v) is 5.89. The highest BCUT2D eigenvalue weighted by Gasteiger charge is 2.28. The molecule has 0 radical (unpaired) electrons. The molecule has 0 saturated carbocycles. The third-order valence-electron chi connectivity index (χ3n) is 4.55. The van der Waals surface area contributed by atoms with Crippen molar-refractivity contribution in [2.45, 2.75) is 25.4 Å². The molecule has 21 heavy (non-hydrogen) atoms. The summed E-state index contributed by atoms with van der Waals surface area (Å²) in [5.41, 5.74) is 5.04. The number of benzene rings is 2. The van der Waals surface area contributed by atoms with Gasteiger partial charge in [-0.15, -0.1) is 0 Å². The van der Waals surface area contributed by atoms with Crippen molar-refractivity contribution in [3.8, 4) is 0 Å². The number of fused-ring (bicyclic) bond motifs is 2. The number of para-hydroxylation sites is 1. The number of nitrogens with zero attached hydrogens (tertiary/aromatic N) is 1. The third kappa shape index (κ3) is 2.19. The topological polar surface area (TPSA) is 32.3 Å². The van der Waals surface area contributed by atoms with E-state index >= 15 is 0 Å². The average Bonchev–Trinajstić information content (AvgIpc) is 3.11. The quantitative estimate of drug-likeness (QED) is 0.915.